The normalized spacial score (nSPS) is 11.8. The van der Waals surface area contributed by atoms with Crippen molar-refractivity contribution >= 4 is 21.8 Å². The molecule has 0 aromatic heterocycles. The number of aryl methyl sites for hydroxylation is 1. The van der Waals surface area contributed by atoms with Crippen LogP contribution in [0.1, 0.15) is 30.5 Å². The zero-order valence-electron chi connectivity index (χ0n) is 12.8. The lowest BCUT2D eigenvalue weighted by Gasteiger charge is -2.15. The van der Waals surface area contributed by atoms with Gasteiger partial charge in [-0.1, -0.05) is 46.3 Å². The Morgan fingerprint density at radius 3 is 2.55 bits per heavy atom. The molecule has 0 spiro atoms. The summed E-state index contributed by atoms with van der Waals surface area (Å²) in [4.78, 5) is 12.1. The molecule has 4 heteroatoms. The van der Waals surface area contributed by atoms with Gasteiger partial charge in [0, 0.05) is 10.9 Å². The van der Waals surface area contributed by atoms with Crippen molar-refractivity contribution in [3.05, 3.63) is 64.1 Å². The van der Waals surface area contributed by atoms with Gasteiger partial charge < -0.3 is 10.1 Å². The summed E-state index contributed by atoms with van der Waals surface area (Å²) in [5, 5.41) is 3.03. The van der Waals surface area contributed by atoms with E-state index < -0.39 is 0 Å². The number of benzene rings is 2. The van der Waals surface area contributed by atoms with Crippen LogP contribution in [0.25, 0.3) is 0 Å². The number of methoxy groups -OCH3 is 1. The molecule has 1 unspecified atom stereocenters. The number of para-hydroxylation sites is 1. The summed E-state index contributed by atoms with van der Waals surface area (Å²) < 4.78 is 6.34. The van der Waals surface area contributed by atoms with Crippen LogP contribution in [-0.2, 0) is 11.2 Å². The van der Waals surface area contributed by atoms with E-state index in [1.165, 1.54) is 0 Å². The summed E-state index contributed by atoms with van der Waals surface area (Å²) >= 11 is 3.41. The van der Waals surface area contributed by atoms with E-state index in [2.05, 4.69) is 21.2 Å². The second-order valence-corrected chi connectivity index (χ2v) is 6.07. The zero-order valence-corrected chi connectivity index (χ0v) is 14.4. The SMILES string of the molecule is COc1ccccc1CCC(=O)NC(C)c1ccc(Br)cc1. The van der Waals surface area contributed by atoms with Crippen LogP contribution in [0, 0.1) is 0 Å². The summed E-state index contributed by atoms with van der Waals surface area (Å²) in [5.41, 5.74) is 2.14. The van der Waals surface area contributed by atoms with E-state index >= 15 is 0 Å². The fraction of sp³-hybridized carbons (Fsp3) is 0.278. The fourth-order valence-electron chi connectivity index (χ4n) is 2.31. The molecule has 0 radical (unpaired) electrons. The van der Waals surface area contributed by atoms with Gasteiger partial charge in [-0.2, -0.15) is 0 Å². The van der Waals surface area contributed by atoms with Gasteiger partial charge in [-0.15, -0.1) is 0 Å². The van der Waals surface area contributed by atoms with Crippen molar-refractivity contribution < 1.29 is 9.53 Å². The smallest absolute Gasteiger partial charge is 0.220 e. The van der Waals surface area contributed by atoms with Crippen molar-refractivity contribution in [2.45, 2.75) is 25.8 Å². The maximum absolute atomic E-state index is 12.1. The summed E-state index contributed by atoms with van der Waals surface area (Å²) in [6, 6.07) is 15.8. The first-order valence-corrected chi connectivity index (χ1v) is 8.06. The number of carbonyl (C=O) groups is 1. The molecule has 0 aliphatic heterocycles. The number of hydrogen-bond donors (Lipinski definition) is 1. The van der Waals surface area contributed by atoms with Crippen molar-refractivity contribution in [3.63, 3.8) is 0 Å². The summed E-state index contributed by atoms with van der Waals surface area (Å²) in [6.07, 6.45) is 1.12. The van der Waals surface area contributed by atoms with Gasteiger partial charge in [0.1, 0.15) is 5.75 Å². The van der Waals surface area contributed by atoms with Gasteiger partial charge in [0.05, 0.1) is 13.2 Å². The third kappa shape index (κ3) is 4.60. The lowest BCUT2D eigenvalue weighted by atomic mass is 10.1. The third-order valence-electron chi connectivity index (χ3n) is 3.56. The molecule has 1 amide bonds. The Bertz CT molecular complexity index is 625. The predicted molar refractivity (Wildman–Crippen MR) is 92.0 cm³/mol. The number of hydrogen-bond acceptors (Lipinski definition) is 2. The molecule has 0 saturated carbocycles. The van der Waals surface area contributed by atoms with E-state index in [9.17, 15) is 4.79 Å². The average molecular weight is 362 g/mol. The summed E-state index contributed by atoms with van der Waals surface area (Å²) in [6.45, 7) is 1.99. The minimum absolute atomic E-state index is 0.00160. The van der Waals surface area contributed by atoms with Crippen LogP contribution in [0.5, 0.6) is 5.75 Å². The molecule has 2 aromatic carbocycles. The van der Waals surface area contributed by atoms with Crippen molar-refractivity contribution in [1.29, 1.82) is 0 Å². The molecule has 116 valence electrons. The Morgan fingerprint density at radius 1 is 1.18 bits per heavy atom. The summed E-state index contributed by atoms with van der Waals surface area (Å²) in [5.74, 6) is 0.873. The molecule has 0 aliphatic carbocycles. The number of amides is 1. The predicted octanol–water partition coefficient (Wildman–Crippen LogP) is 4.27. The molecule has 1 atom stereocenters. The standard InChI is InChI=1S/C18H20BrNO2/c1-13(14-7-10-16(19)11-8-14)20-18(21)12-9-15-5-3-4-6-17(15)22-2/h3-8,10-11,13H,9,12H2,1-2H3,(H,20,21). The minimum atomic E-state index is -0.00160. The minimum Gasteiger partial charge on any atom is -0.496 e. The van der Waals surface area contributed by atoms with Crippen molar-refractivity contribution in [2.75, 3.05) is 7.11 Å². The summed E-state index contributed by atoms with van der Waals surface area (Å²) in [7, 11) is 1.65. The van der Waals surface area contributed by atoms with Gasteiger partial charge in [-0.3, -0.25) is 4.79 Å². The number of rotatable bonds is 6. The van der Waals surface area contributed by atoms with Crippen molar-refractivity contribution in [3.8, 4) is 5.75 Å². The monoisotopic (exact) mass is 361 g/mol. The van der Waals surface area contributed by atoms with Gasteiger partial charge in [0.15, 0.2) is 0 Å². The van der Waals surface area contributed by atoms with E-state index in [1.807, 2.05) is 55.5 Å². The van der Waals surface area contributed by atoms with Crippen LogP contribution in [0.15, 0.2) is 53.0 Å². The van der Waals surface area contributed by atoms with Crippen LogP contribution in [0.2, 0.25) is 0 Å². The van der Waals surface area contributed by atoms with Gasteiger partial charge in [-0.25, -0.2) is 0 Å². The highest BCUT2D eigenvalue weighted by molar-refractivity contribution is 9.10. The van der Waals surface area contributed by atoms with Crippen molar-refractivity contribution in [2.24, 2.45) is 0 Å². The van der Waals surface area contributed by atoms with Gasteiger partial charge in [0.2, 0.25) is 5.91 Å². The molecule has 0 aliphatic rings. The van der Waals surface area contributed by atoms with E-state index in [-0.39, 0.29) is 11.9 Å². The van der Waals surface area contributed by atoms with E-state index in [1.54, 1.807) is 7.11 Å². The lowest BCUT2D eigenvalue weighted by molar-refractivity contribution is -0.121. The molecular weight excluding hydrogens is 342 g/mol. The van der Waals surface area contributed by atoms with E-state index in [0.717, 1.165) is 21.3 Å². The molecular formula is C18H20BrNO2. The molecule has 0 heterocycles. The molecule has 3 nitrogen and oxygen atoms in total. The molecule has 0 bridgehead atoms. The van der Waals surface area contributed by atoms with Gasteiger partial charge in [0.25, 0.3) is 0 Å². The maximum Gasteiger partial charge on any atom is 0.220 e. The van der Waals surface area contributed by atoms with Crippen molar-refractivity contribution in [1.82, 2.24) is 5.32 Å². The lowest BCUT2D eigenvalue weighted by Crippen LogP contribution is -2.26. The first-order chi connectivity index (χ1) is 10.6. The van der Waals surface area contributed by atoms with E-state index in [4.69, 9.17) is 4.74 Å². The Morgan fingerprint density at radius 2 is 1.86 bits per heavy atom. The molecule has 1 N–H and O–H groups in total. The molecule has 0 saturated heterocycles. The molecule has 0 fully saturated rings. The fourth-order valence-corrected chi connectivity index (χ4v) is 2.57. The van der Waals surface area contributed by atoms with Crippen LogP contribution in [0.3, 0.4) is 0 Å². The Labute approximate surface area is 139 Å². The molecule has 22 heavy (non-hydrogen) atoms. The first-order valence-electron chi connectivity index (χ1n) is 7.27. The highest BCUT2D eigenvalue weighted by Crippen LogP contribution is 2.20. The third-order valence-corrected chi connectivity index (χ3v) is 4.09. The second kappa shape index (κ2) is 7.99. The largest absolute Gasteiger partial charge is 0.496 e. The van der Waals surface area contributed by atoms with Crippen LogP contribution in [0.4, 0.5) is 0 Å². The highest BCUT2D eigenvalue weighted by Gasteiger charge is 2.10. The number of carbonyl (C=O) groups excluding carboxylic acids is 1. The number of nitrogens with one attached hydrogen (secondary N) is 1. The zero-order chi connectivity index (χ0) is 15.9. The Kier molecular flexibility index (Phi) is 6.01. The van der Waals surface area contributed by atoms with Gasteiger partial charge >= 0.3 is 0 Å². The molecule has 2 aromatic rings. The molecule has 2 rings (SSSR count). The van der Waals surface area contributed by atoms with Gasteiger partial charge in [-0.05, 0) is 42.7 Å². The Balaban J connectivity index is 1.88. The Hall–Kier alpha value is -1.81. The van der Waals surface area contributed by atoms with E-state index in [0.29, 0.717) is 12.8 Å². The quantitative estimate of drug-likeness (QED) is 0.834. The number of halogens is 1. The van der Waals surface area contributed by atoms with Crippen LogP contribution >= 0.6 is 15.9 Å². The van der Waals surface area contributed by atoms with Crippen LogP contribution < -0.4 is 10.1 Å². The maximum atomic E-state index is 12.1. The number of ether oxygens (including phenoxy) is 1. The first kappa shape index (κ1) is 16.6. The highest BCUT2D eigenvalue weighted by atomic mass is 79.9. The average Bonchev–Trinajstić information content (AvgIpc) is 2.53. The topological polar surface area (TPSA) is 38.3 Å². The van der Waals surface area contributed by atoms with Crippen LogP contribution in [-0.4, -0.2) is 13.0 Å². The second-order valence-electron chi connectivity index (χ2n) is 5.15.